The lowest BCUT2D eigenvalue weighted by Crippen LogP contribution is -2.02. The number of carbonyl (C=O) groups excluding carboxylic acids is 1. The quantitative estimate of drug-likeness (QED) is 0.475. The van der Waals surface area contributed by atoms with Crippen molar-refractivity contribution in [1.29, 1.82) is 0 Å². The van der Waals surface area contributed by atoms with Crippen molar-refractivity contribution >= 4 is 23.2 Å². The van der Waals surface area contributed by atoms with Gasteiger partial charge in [0.25, 0.3) is 0 Å². The minimum absolute atomic E-state index is 0.130. The largest absolute Gasteiger partial charge is 0.454 e. The molecule has 2 aromatic heterocycles. The lowest BCUT2D eigenvalue weighted by atomic mass is 10.4. The third-order valence-corrected chi connectivity index (χ3v) is 2.75. The van der Waals surface area contributed by atoms with Gasteiger partial charge in [-0.15, -0.1) is 11.3 Å². The van der Waals surface area contributed by atoms with E-state index in [1.165, 1.54) is 17.4 Å². The van der Waals surface area contributed by atoms with Gasteiger partial charge in [-0.3, -0.25) is 10.1 Å². The van der Waals surface area contributed by atoms with Gasteiger partial charge in [-0.25, -0.2) is 4.79 Å². The average molecular weight is 253 g/mol. The fourth-order valence-corrected chi connectivity index (χ4v) is 1.75. The van der Waals surface area contributed by atoms with E-state index in [4.69, 9.17) is 9.15 Å². The van der Waals surface area contributed by atoms with E-state index in [1.807, 2.05) is 17.5 Å². The molecular weight excluding hydrogens is 246 g/mol. The number of esters is 1. The SMILES string of the molecule is O=C(OCc1cccs1)c1ccc([N+](=O)[O-])o1. The third kappa shape index (κ3) is 2.70. The zero-order valence-corrected chi connectivity index (χ0v) is 9.31. The maximum absolute atomic E-state index is 11.4. The second kappa shape index (κ2) is 4.79. The van der Waals surface area contributed by atoms with Crippen LogP contribution in [0.15, 0.2) is 34.1 Å². The molecule has 6 nitrogen and oxygen atoms in total. The molecule has 17 heavy (non-hydrogen) atoms. The number of hydrogen-bond donors (Lipinski definition) is 0. The number of nitrogens with zero attached hydrogens (tertiary/aromatic N) is 1. The first-order valence-electron chi connectivity index (χ1n) is 4.60. The standard InChI is InChI=1S/C10H7NO5S/c12-10(15-6-7-2-1-5-17-7)8-3-4-9(16-8)11(13)14/h1-5H,6H2. The number of thiophene rings is 1. The fraction of sp³-hybridized carbons (Fsp3) is 0.100. The van der Waals surface area contributed by atoms with Gasteiger partial charge < -0.3 is 9.15 Å². The Bertz CT molecular complexity index is 531. The molecule has 0 spiro atoms. The highest BCUT2D eigenvalue weighted by Gasteiger charge is 2.18. The summed E-state index contributed by atoms with van der Waals surface area (Å²) in [7, 11) is 0. The van der Waals surface area contributed by atoms with Crippen LogP contribution in [-0.4, -0.2) is 10.9 Å². The van der Waals surface area contributed by atoms with Crippen molar-refractivity contribution in [3.05, 3.63) is 50.4 Å². The van der Waals surface area contributed by atoms with Crippen LogP contribution >= 0.6 is 11.3 Å². The van der Waals surface area contributed by atoms with Gasteiger partial charge in [-0.05, 0) is 17.5 Å². The Hall–Kier alpha value is -2.15. The Balaban J connectivity index is 1.97. The molecule has 0 aromatic carbocycles. The molecule has 0 aliphatic rings. The molecule has 0 bridgehead atoms. The highest BCUT2D eigenvalue weighted by molar-refractivity contribution is 7.09. The molecule has 0 amide bonds. The zero-order chi connectivity index (χ0) is 12.3. The van der Waals surface area contributed by atoms with Crippen molar-refractivity contribution in [3.8, 4) is 0 Å². The molecule has 0 fully saturated rings. The average Bonchev–Trinajstić information content (AvgIpc) is 2.96. The molecule has 0 aliphatic carbocycles. The number of furan rings is 1. The van der Waals surface area contributed by atoms with Gasteiger partial charge in [-0.1, -0.05) is 6.07 Å². The second-order valence-corrected chi connectivity index (χ2v) is 4.08. The number of rotatable bonds is 4. The Kier molecular flexibility index (Phi) is 3.20. The first-order chi connectivity index (χ1) is 8.16. The molecule has 0 radical (unpaired) electrons. The zero-order valence-electron chi connectivity index (χ0n) is 8.49. The van der Waals surface area contributed by atoms with Gasteiger partial charge in [0.15, 0.2) is 0 Å². The predicted molar refractivity (Wildman–Crippen MR) is 58.8 cm³/mol. The van der Waals surface area contributed by atoms with E-state index in [0.717, 1.165) is 10.9 Å². The van der Waals surface area contributed by atoms with Crippen molar-refractivity contribution in [2.75, 3.05) is 0 Å². The monoisotopic (exact) mass is 253 g/mol. The highest BCUT2D eigenvalue weighted by Crippen LogP contribution is 2.17. The number of hydrogen-bond acceptors (Lipinski definition) is 6. The van der Waals surface area contributed by atoms with Crippen molar-refractivity contribution in [2.45, 2.75) is 6.61 Å². The normalized spacial score (nSPS) is 10.1. The molecule has 0 aliphatic heterocycles. The Morgan fingerprint density at radius 3 is 2.88 bits per heavy atom. The topological polar surface area (TPSA) is 82.6 Å². The first-order valence-corrected chi connectivity index (χ1v) is 5.48. The first kappa shape index (κ1) is 11.3. The maximum Gasteiger partial charge on any atom is 0.433 e. The molecule has 2 aromatic rings. The van der Waals surface area contributed by atoms with Gasteiger partial charge >= 0.3 is 11.9 Å². The van der Waals surface area contributed by atoms with Gasteiger partial charge in [-0.2, -0.15) is 0 Å². The molecule has 0 atom stereocenters. The lowest BCUT2D eigenvalue weighted by molar-refractivity contribution is -0.402. The molecule has 0 saturated heterocycles. The molecule has 2 rings (SSSR count). The van der Waals surface area contributed by atoms with Crippen LogP contribution in [0.2, 0.25) is 0 Å². The van der Waals surface area contributed by atoms with Crippen LogP contribution in [0.3, 0.4) is 0 Å². The van der Waals surface area contributed by atoms with Crippen LogP contribution in [0.5, 0.6) is 0 Å². The third-order valence-electron chi connectivity index (χ3n) is 1.90. The summed E-state index contributed by atoms with van der Waals surface area (Å²) in [6, 6.07) is 5.99. The van der Waals surface area contributed by atoms with E-state index >= 15 is 0 Å². The lowest BCUT2D eigenvalue weighted by Gasteiger charge is -1.99. The van der Waals surface area contributed by atoms with Gasteiger partial charge in [0.2, 0.25) is 5.76 Å². The summed E-state index contributed by atoms with van der Waals surface area (Å²) in [4.78, 5) is 22.0. The van der Waals surface area contributed by atoms with E-state index in [0.29, 0.717) is 0 Å². The van der Waals surface area contributed by atoms with E-state index in [9.17, 15) is 14.9 Å². The smallest absolute Gasteiger partial charge is 0.433 e. The van der Waals surface area contributed by atoms with Crippen LogP contribution < -0.4 is 0 Å². The molecule has 88 valence electrons. The van der Waals surface area contributed by atoms with Crippen LogP contribution in [0, 0.1) is 10.1 Å². The van der Waals surface area contributed by atoms with E-state index in [2.05, 4.69) is 0 Å². The van der Waals surface area contributed by atoms with E-state index in [1.54, 1.807) is 0 Å². The van der Waals surface area contributed by atoms with Crippen molar-refractivity contribution in [2.24, 2.45) is 0 Å². The van der Waals surface area contributed by atoms with Gasteiger partial charge in [0.05, 0.1) is 6.07 Å². The van der Waals surface area contributed by atoms with E-state index < -0.39 is 16.8 Å². The van der Waals surface area contributed by atoms with Gasteiger partial charge in [0, 0.05) is 4.88 Å². The number of carbonyl (C=O) groups is 1. The molecule has 2 heterocycles. The molecule has 0 unspecified atom stereocenters. The molecule has 7 heteroatoms. The van der Waals surface area contributed by atoms with Crippen LogP contribution in [0.4, 0.5) is 5.88 Å². The molecule has 0 N–H and O–H groups in total. The maximum atomic E-state index is 11.4. The van der Waals surface area contributed by atoms with Crippen LogP contribution in [0.25, 0.3) is 0 Å². The fourth-order valence-electron chi connectivity index (χ4n) is 1.14. The number of ether oxygens (including phenoxy) is 1. The van der Waals surface area contributed by atoms with Crippen LogP contribution in [-0.2, 0) is 11.3 Å². The minimum Gasteiger partial charge on any atom is -0.454 e. The summed E-state index contributed by atoms with van der Waals surface area (Å²) in [5.41, 5.74) is 0. The van der Waals surface area contributed by atoms with Crippen molar-refractivity contribution in [3.63, 3.8) is 0 Å². The summed E-state index contributed by atoms with van der Waals surface area (Å²) in [5, 5.41) is 12.2. The summed E-state index contributed by atoms with van der Waals surface area (Å²) < 4.78 is 9.63. The Labute approximate surface area is 99.6 Å². The van der Waals surface area contributed by atoms with Crippen molar-refractivity contribution in [1.82, 2.24) is 0 Å². The predicted octanol–water partition coefficient (Wildman–Crippen LogP) is 2.61. The summed E-state index contributed by atoms with van der Waals surface area (Å²) in [6.45, 7) is 0.130. The Morgan fingerprint density at radius 2 is 2.29 bits per heavy atom. The highest BCUT2D eigenvalue weighted by atomic mass is 32.1. The van der Waals surface area contributed by atoms with Crippen LogP contribution in [0.1, 0.15) is 15.4 Å². The molecule has 0 saturated carbocycles. The summed E-state index contributed by atoms with van der Waals surface area (Å²) in [6.07, 6.45) is 0. The summed E-state index contributed by atoms with van der Waals surface area (Å²) in [5.74, 6) is -1.37. The minimum atomic E-state index is -0.716. The van der Waals surface area contributed by atoms with Gasteiger partial charge in [0.1, 0.15) is 11.5 Å². The van der Waals surface area contributed by atoms with E-state index in [-0.39, 0.29) is 12.4 Å². The second-order valence-electron chi connectivity index (χ2n) is 3.05. The summed E-state index contributed by atoms with van der Waals surface area (Å²) >= 11 is 1.45. The molecular formula is C10H7NO5S. The van der Waals surface area contributed by atoms with Crippen molar-refractivity contribution < 1.29 is 18.9 Å². The Morgan fingerprint density at radius 1 is 1.47 bits per heavy atom. The number of nitro groups is 1.